The molecule has 1 fully saturated rings. The minimum Gasteiger partial charge on any atom is -0.496 e. The monoisotopic (exact) mass is 353 g/mol. The highest BCUT2D eigenvalue weighted by Gasteiger charge is 2.18. The smallest absolute Gasteiger partial charge is 0.209 e. The quantitative estimate of drug-likeness (QED) is 0.376. The Kier molecular flexibility index (Phi) is 5.74. The molecule has 3 rings (SSSR count). The van der Waals surface area contributed by atoms with Gasteiger partial charge in [-0.05, 0) is 43.7 Å². The zero-order chi connectivity index (χ0) is 18.4. The number of aromatic nitrogens is 1. The Morgan fingerprint density at radius 1 is 1.35 bits per heavy atom. The van der Waals surface area contributed by atoms with Gasteiger partial charge in [0.05, 0.1) is 24.9 Å². The van der Waals surface area contributed by atoms with Gasteiger partial charge in [-0.3, -0.25) is 5.32 Å². The molecule has 1 aromatic carbocycles. The van der Waals surface area contributed by atoms with Crippen molar-refractivity contribution in [3.05, 3.63) is 30.8 Å². The van der Waals surface area contributed by atoms with E-state index in [1.807, 2.05) is 24.4 Å². The number of rotatable bonds is 4. The highest BCUT2D eigenvalue weighted by Crippen LogP contribution is 2.32. The second-order valence-electron chi connectivity index (χ2n) is 6.53. The summed E-state index contributed by atoms with van der Waals surface area (Å²) in [5, 5.41) is 14.9. The van der Waals surface area contributed by atoms with Crippen molar-refractivity contribution in [2.45, 2.75) is 38.6 Å². The van der Waals surface area contributed by atoms with E-state index >= 15 is 0 Å². The molecule has 7 nitrogen and oxygen atoms in total. The van der Waals surface area contributed by atoms with Crippen molar-refractivity contribution < 1.29 is 9.15 Å². The molecule has 1 heterocycles. The van der Waals surface area contributed by atoms with E-state index in [9.17, 15) is 0 Å². The Hall–Kier alpha value is -3.01. The molecule has 1 aliphatic rings. The van der Waals surface area contributed by atoms with Gasteiger partial charge in [-0.1, -0.05) is 6.92 Å². The highest BCUT2D eigenvalue weighted by atomic mass is 16.5. The van der Waals surface area contributed by atoms with Crippen LogP contribution in [0.25, 0.3) is 11.3 Å². The molecule has 1 saturated carbocycles. The van der Waals surface area contributed by atoms with Gasteiger partial charge in [0.15, 0.2) is 18.3 Å². The first-order chi connectivity index (χ1) is 12.7. The van der Waals surface area contributed by atoms with Crippen LogP contribution in [0.1, 0.15) is 32.6 Å². The Bertz CT molecular complexity index is 787. The second-order valence-corrected chi connectivity index (χ2v) is 6.53. The number of nitrogens with zero attached hydrogens (tertiary/aromatic N) is 3. The largest absolute Gasteiger partial charge is 0.496 e. The van der Waals surface area contributed by atoms with E-state index in [1.54, 1.807) is 13.3 Å². The average molecular weight is 353 g/mol. The van der Waals surface area contributed by atoms with Crippen LogP contribution in [0, 0.1) is 17.4 Å². The molecule has 0 atom stereocenters. The number of nitriles is 1. The minimum atomic E-state index is 0.241. The van der Waals surface area contributed by atoms with Gasteiger partial charge < -0.3 is 14.5 Å². The summed E-state index contributed by atoms with van der Waals surface area (Å²) >= 11 is 0. The first kappa shape index (κ1) is 17.8. The third-order valence-electron chi connectivity index (χ3n) is 4.63. The lowest BCUT2D eigenvalue weighted by Crippen LogP contribution is -2.29. The molecule has 1 aliphatic carbocycles. The molecule has 7 heteroatoms. The lowest BCUT2D eigenvalue weighted by Gasteiger charge is -2.24. The van der Waals surface area contributed by atoms with Gasteiger partial charge >= 0.3 is 0 Å². The fourth-order valence-electron chi connectivity index (χ4n) is 3.16. The zero-order valence-electron chi connectivity index (χ0n) is 15.0. The van der Waals surface area contributed by atoms with Gasteiger partial charge in [-0.25, -0.2) is 9.98 Å². The molecular weight excluding hydrogens is 330 g/mol. The van der Waals surface area contributed by atoms with Crippen molar-refractivity contribution in [2.75, 3.05) is 12.4 Å². The molecule has 1 aromatic heterocycles. The maximum Gasteiger partial charge on any atom is 0.209 e. The number of hydrogen-bond donors (Lipinski definition) is 2. The standard InChI is InChI=1S/C19H23N5O2/c1-13-3-5-14(6-4-13)23-19(22-11-20)24-15-7-8-16(17(9-15)25-2)18-10-21-12-26-18/h7-10,12-14H,3-6H2,1-2H3,(H2,22,23,24). The SMILES string of the molecule is COc1cc(N/C(=N/C2CCC(C)CC2)NC#N)ccc1-c1cnco1. The Labute approximate surface area is 153 Å². The number of methoxy groups -OCH3 is 1. The van der Waals surface area contributed by atoms with E-state index < -0.39 is 0 Å². The number of hydrogen-bond acceptors (Lipinski definition) is 5. The van der Waals surface area contributed by atoms with E-state index in [0.717, 1.165) is 30.0 Å². The van der Waals surface area contributed by atoms with Gasteiger partial charge in [0.2, 0.25) is 5.96 Å². The summed E-state index contributed by atoms with van der Waals surface area (Å²) in [6, 6.07) is 5.85. The molecule has 0 amide bonds. The first-order valence-corrected chi connectivity index (χ1v) is 8.76. The number of anilines is 1. The van der Waals surface area contributed by atoms with Crippen LogP contribution < -0.4 is 15.4 Å². The van der Waals surface area contributed by atoms with Crippen LogP contribution in [0.3, 0.4) is 0 Å². The van der Waals surface area contributed by atoms with Crippen molar-refractivity contribution >= 4 is 11.6 Å². The topological polar surface area (TPSA) is 95.5 Å². The van der Waals surface area contributed by atoms with Crippen LogP contribution in [0.5, 0.6) is 5.75 Å². The molecule has 2 aromatic rings. The van der Waals surface area contributed by atoms with Gasteiger partial charge in [-0.2, -0.15) is 5.26 Å². The minimum absolute atomic E-state index is 0.241. The fraction of sp³-hybridized carbons (Fsp3) is 0.421. The van der Waals surface area contributed by atoms with Crippen molar-refractivity contribution in [3.63, 3.8) is 0 Å². The van der Waals surface area contributed by atoms with Crippen LogP contribution in [-0.2, 0) is 0 Å². The Balaban J connectivity index is 1.77. The van der Waals surface area contributed by atoms with E-state index in [-0.39, 0.29) is 6.04 Å². The van der Waals surface area contributed by atoms with Crippen molar-refractivity contribution in [2.24, 2.45) is 10.9 Å². The summed E-state index contributed by atoms with van der Waals surface area (Å²) < 4.78 is 10.8. The summed E-state index contributed by atoms with van der Waals surface area (Å²) in [6.45, 7) is 2.27. The Morgan fingerprint density at radius 2 is 2.15 bits per heavy atom. The number of guanidine groups is 1. The summed E-state index contributed by atoms with van der Waals surface area (Å²) in [7, 11) is 1.60. The van der Waals surface area contributed by atoms with Crippen molar-refractivity contribution in [1.29, 1.82) is 5.26 Å². The molecule has 0 spiro atoms. The van der Waals surface area contributed by atoms with Gasteiger partial charge in [0, 0.05) is 11.8 Å². The average Bonchev–Trinajstić information content (AvgIpc) is 3.18. The molecule has 0 radical (unpaired) electrons. The summed E-state index contributed by atoms with van der Waals surface area (Å²) in [6.07, 6.45) is 9.42. The molecule has 26 heavy (non-hydrogen) atoms. The molecular formula is C19H23N5O2. The van der Waals surface area contributed by atoms with Crippen LogP contribution in [-0.4, -0.2) is 24.1 Å². The van der Waals surface area contributed by atoms with Crippen LogP contribution in [0.4, 0.5) is 5.69 Å². The number of oxazole rings is 1. The lowest BCUT2D eigenvalue weighted by molar-refractivity contribution is 0.349. The molecule has 2 N–H and O–H groups in total. The Morgan fingerprint density at radius 3 is 2.81 bits per heavy atom. The summed E-state index contributed by atoms with van der Waals surface area (Å²) in [5.74, 6) is 2.50. The van der Waals surface area contributed by atoms with Crippen LogP contribution >= 0.6 is 0 Å². The third-order valence-corrected chi connectivity index (χ3v) is 4.63. The highest BCUT2D eigenvalue weighted by molar-refractivity contribution is 5.95. The maximum atomic E-state index is 9.03. The van der Waals surface area contributed by atoms with E-state index in [0.29, 0.717) is 17.5 Å². The van der Waals surface area contributed by atoms with Crippen LogP contribution in [0.2, 0.25) is 0 Å². The van der Waals surface area contributed by atoms with Crippen LogP contribution in [0.15, 0.2) is 40.2 Å². The predicted molar refractivity (Wildman–Crippen MR) is 99.7 cm³/mol. The number of aliphatic imine (C=N–C) groups is 1. The number of nitrogens with one attached hydrogen (secondary N) is 2. The van der Waals surface area contributed by atoms with E-state index in [2.05, 4.69) is 27.5 Å². The molecule has 0 aliphatic heterocycles. The molecule has 0 bridgehead atoms. The van der Waals surface area contributed by atoms with Crippen molar-refractivity contribution in [1.82, 2.24) is 10.3 Å². The van der Waals surface area contributed by atoms with E-state index in [1.165, 1.54) is 19.2 Å². The zero-order valence-corrected chi connectivity index (χ0v) is 15.0. The van der Waals surface area contributed by atoms with Gasteiger partial charge in [0.25, 0.3) is 0 Å². The normalized spacial score (nSPS) is 20.3. The summed E-state index contributed by atoms with van der Waals surface area (Å²) in [5.41, 5.74) is 1.58. The van der Waals surface area contributed by atoms with Crippen molar-refractivity contribution in [3.8, 4) is 23.3 Å². The van der Waals surface area contributed by atoms with Gasteiger partial charge in [0.1, 0.15) is 5.75 Å². The molecule has 0 saturated heterocycles. The summed E-state index contributed by atoms with van der Waals surface area (Å²) in [4.78, 5) is 8.62. The molecule has 136 valence electrons. The first-order valence-electron chi connectivity index (χ1n) is 8.76. The predicted octanol–water partition coefficient (Wildman–Crippen LogP) is 3.77. The molecule has 0 unspecified atom stereocenters. The number of benzene rings is 1. The fourth-order valence-corrected chi connectivity index (χ4v) is 3.16. The number of ether oxygens (including phenoxy) is 1. The second kappa shape index (κ2) is 8.39. The van der Waals surface area contributed by atoms with E-state index in [4.69, 9.17) is 14.4 Å². The van der Waals surface area contributed by atoms with Gasteiger partial charge in [-0.15, -0.1) is 0 Å². The maximum absolute atomic E-state index is 9.03. The third kappa shape index (κ3) is 4.33. The lowest BCUT2D eigenvalue weighted by atomic mass is 9.88.